The standard InChI is InChI=1S/C31H50NOP/c1-12-14-15-18-31(13-2,34-27-17-16-22(3)19-26(27)32(10)11)25-21-23(29(4,5)6)20-24(28(25)33)30(7,8)9/h16-17,19-21,33-34H,12-15,18H2,1-11H3. The van der Waals surface area contributed by atoms with Gasteiger partial charge in [0.1, 0.15) is 5.75 Å². The van der Waals surface area contributed by atoms with E-state index in [1.807, 2.05) is 0 Å². The Hall–Kier alpha value is -1.53. The van der Waals surface area contributed by atoms with Gasteiger partial charge in [-0.05, 0) is 58.7 Å². The number of benzene rings is 2. The third kappa shape index (κ3) is 6.57. The lowest BCUT2D eigenvalue weighted by atomic mass is 9.76. The normalized spacial score (nSPS) is 14.6. The fraction of sp³-hybridized carbons (Fsp3) is 0.613. The van der Waals surface area contributed by atoms with Gasteiger partial charge in [0.15, 0.2) is 0 Å². The number of hydrogen-bond donors (Lipinski definition) is 1. The third-order valence-corrected chi connectivity index (χ3v) is 9.16. The highest BCUT2D eigenvalue weighted by molar-refractivity contribution is 7.49. The Morgan fingerprint density at radius 1 is 0.853 bits per heavy atom. The lowest BCUT2D eigenvalue weighted by molar-refractivity contribution is 0.415. The lowest BCUT2D eigenvalue weighted by Gasteiger charge is -2.38. The van der Waals surface area contributed by atoms with Gasteiger partial charge in [0.2, 0.25) is 0 Å². The van der Waals surface area contributed by atoms with E-state index in [2.05, 4.69) is 112 Å². The van der Waals surface area contributed by atoms with Crippen LogP contribution in [0.4, 0.5) is 5.69 Å². The summed E-state index contributed by atoms with van der Waals surface area (Å²) in [5, 5.41) is 13.1. The molecule has 2 nitrogen and oxygen atoms in total. The second-order valence-corrected chi connectivity index (χ2v) is 14.1. The average Bonchev–Trinajstić information content (AvgIpc) is 2.72. The molecule has 0 fully saturated rings. The van der Waals surface area contributed by atoms with Crippen molar-refractivity contribution in [3.05, 3.63) is 52.6 Å². The molecule has 0 aliphatic rings. The molecule has 2 aromatic rings. The Labute approximate surface area is 212 Å². The quantitative estimate of drug-likeness (QED) is 0.285. The summed E-state index contributed by atoms with van der Waals surface area (Å²) in [7, 11) is 4.88. The van der Waals surface area contributed by atoms with Gasteiger partial charge in [-0.15, -0.1) is 0 Å². The van der Waals surface area contributed by atoms with Gasteiger partial charge in [0.05, 0.1) is 0 Å². The van der Waals surface area contributed by atoms with E-state index in [-0.39, 0.29) is 16.0 Å². The molecule has 0 heterocycles. The number of aryl methyl sites for hydroxylation is 1. The van der Waals surface area contributed by atoms with E-state index in [0.717, 1.165) is 24.0 Å². The minimum atomic E-state index is -0.120. The van der Waals surface area contributed by atoms with Crippen LogP contribution in [-0.2, 0) is 16.0 Å². The maximum absolute atomic E-state index is 11.8. The smallest absolute Gasteiger partial charge is 0.123 e. The van der Waals surface area contributed by atoms with Crippen molar-refractivity contribution < 1.29 is 5.11 Å². The maximum atomic E-state index is 11.8. The zero-order valence-corrected chi connectivity index (χ0v) is 24.8. The van der Waals surface area contributed by atoms with Crippen LogP contribution in [0.3, 0.4) is 0 Å². The SMILES string of the molecule is CCCCCC(CC)(Pc1ccc(C)cc1N(C)C)c1cc(C(C)(C)C)cc(C(C)(C)C)c1O. The lowest BCUT2D eigenvalue weighted by Crippen LogP contribution is -2.27. The van der Waals surface area contributed by atoms with Gasteiger partial charge in [-0.2, -0.15) is 0 Å². The molecule has 1 N–H and O–H groups in total. The number of anilines is 1. The summed E-state index contributed by atoms with van der Waals surface area (Å²) in [6.07, 6.45) is 5.73. The van der Waals surface area contributed by atoms with Crippen LogP contribution in [0.5, 0.6) is 5.75 Å². The molecule has 0 amide bonds. The summed E-state index contributed by atoms with van der Waals surface area (Å²) in [5.74, 6) is 0.518. The van der Waals surface area contributed by atoms with Gasteiger partial charge in [0.25, 0.3) is 0 Å². The Morgan fingerprint density at radius 3 is 1.97 bits per heavy atom. The topological polar surface area (TPSA) is 23.5 Å². The van der Waals surface area contributed by atoms with Crippen LogP contribution in [-0.4, -0.2) is 19.2 Å². The number of phenols is 1. The first kappa shape index (κ1) is 28.7. The molecule has 34 heavy (non-hydrogen) atoms. The molecule has 0 radical (unpaired) electrons. The number of phenolic OH excluding ortho intramolecular Hbond substituents is 1. The summed E-state index contributed by atoms with van der Waals surface area (Å²) in [6.45, 7) is 20.3. The first-order valence-electron chi connectivity index (χ1n) is 13.1. The third-order valence-electron chi connectivity index (χ3n) is 7.12. The molecule has 0 aliphatic carbocycles. The summed E-state index contributed by atoms with van der Waals surface area (Å²) in [4.78, 5) is 2.24. The number of aromatic hydroxyl groups is 1. The van der Waals surface area contributed by atoms with E-state index in [4.69, 9.17) is 0 Å². The fourth-order valence-corrected chi connectivity index (χ4v) is 6.69. The average molecular weight is 484 g/mol. The van der Waals surface area contributed by atoms with Crippen LogP contribution in [0.25, 0.3) is 0 Å². The van der Waals surface area contributed by atoms with Crippen LogP contribution in [0.2, 0.25) is 0 Å². The van der Waals surface area contributed by atoms with E-state index in [0.29, 0.717) is 14.3 Å². The van der Waals surface area contributed by atoms with Crippen molar-refractivity contribution in [1.29, 1.82) is 0 Å². The Kier molecular flexibility index (Phi) is 9.31. The zero-order valence-electron chi connectivity index (χ0n) is 23.8. The van der Waals surface area contributed by atoms with Crippen LogP contribution < -0.4 is 10.2 Å². The molecule has 0 aromatic heterocycles. The van der Waals surface area contributed by atoms with Crippen molar-refractivity contribution in [3.63, 3.8) is 0 Å². The summed E-state index contributed by atoms with van der Waals surface area (Å²) in [5.41, 5.74) is 6.04. The molecule has 2 unspecified atom stereocenters. The Bertz CT molecular complexity index is 965. The molecular formula is C31H50NOP. The highest BCUT2D eigenvalue weighted by Crippen LogP contribution is 2.54. The van der Waals surface area contributed by atoms with Crippen molar-refractivity contribution in [3.8, 4) is 5.75 Å². The fourth-order valence-electron chi connectivity index (χ4n) is 4.78. The number of hydrogen-bond acceptors (Lipinski definition) is 2. The number of rotatable bonds is 9. The van der Waals surface area contributed by atoms with E-state index in [9.17, 15) is 5.11 Å². The summed E-state index contributed by atoms with van der Waals surface area (Å²) >= 11 is 0. The van der Waals surface area contributed by atoms with Crippen molar-refractivity contribution in [2.75, 3.05) is 19.0 Å². The zero-order chi connectivity index (χ0) is 25.9. The van der Waals surface area contributed by atoms with E-state index >= 15 is 0 Å². The molecule has 2 aromatic carbocycles. The number of unbranched alkanes of at least 4 members (excludes halogenated alkanes) is 2. The molecule has 0 saturated carbocycles. The van der Waals surface area contributed by atoms with Crippen LogP contribution in [0.1, 0.15) is 110 Å². The Balaban J connectivity index is 2.83. The molecule has 0 saturated heterocycles. The van der Waals surface area contributed by atoms with Gasteiger partial charge in [-0.1, -0.05) is 107 Å². The molecular weight excluding hydrogens is 433 g/mol. The van der Waals surface area contributed by atoms with Crippen LogP contribution in [0.15, 0.2) is 30.3 Å². The second kappa shape index (κ2) is 11.0. The molecule has 0 bridgehead atoms. The summed E-state index contributed by atoms with van der Waals surface area (Å²) in [6, 6.07) is 11.5. The second-order valence-electron chi connectivity index (χ2n) is 12.4. The van der Waals surface area contributed by atoms with Gasteiger partial charge in [-0.3, -0.25) is 0 Å². The van der Waals surface area contributed by atoms with Crippen molar-refractivity contribution in [2.45, 2.75) is 110 Å². The monoisotopic (exact) mass is 483 g/mol. The summed E-state index contributed by atoms with van der Waals surface area (Å²) < 4.78 is 0. The van der Waals surface area contributed by atoms with Crippen LogP contribution >= 0.6 is 8.58 Å². The highest BCUT2D eigenvalue weighted by Gasteiger charge is 2.37. The molecule has 2 atom stereocenters. The predicted octanol–water partition coefficient (Wildman–Crippen LogP) is 8.55. The van der Waals surface area contributed by atoms with Crippen molar-refractivity contribution in [1.82, 2.24) is 0 Å². The van der Waals surface area contributed by atoms with Crippen molar-refractivity contribution >= 4 is 19.6 Å². The largest absolute Gasteiger partial charge is 0.507 e. The minimum Gasteiger partial charge on any atom is -0.507 e. The van der Waals surface area contributed by atoms with Gasteiger partial charge < -0.3 is 10.0 Å². The molecule has 0 aliphatic heterocycles. The maximum Gasteiger partial charge on any atom is 0.123 e. The first-order chi connectivity index (χ1) is 15.7. The Morgan fingerprint density at radius 2 is 1.47 bits per heavy atom. The molecule has 190 valence electrons. The van der Waals surface area contributed by atoms with Crippen LogP contribution in [0, 0.1) is 6.92 Å². The highest BCUT2D eigenvalue weighted by atomic mass is 31.1. The van der Waals surface area contributed by atoms with Gasteiger partial charge in [-0.25, -0.2) is 0 Å². The van der Waals surface area contributed by atoms with E-state index in [1.54, 1.807) is 0 Å². The first-order valence-corrected chi connectivity index (χ1v) is 14.1. The van der Waals surface area contributed by atoms with Crippen molar-refractivity contribution in [2.24, 2.45) is 0 Å². The number of nitrogens with zero attached hydrogens (tertiary/aromatic N) is 1. The molecule has 0 spiro atoms. The van der Waals surface area contributed by atoms with E-state index in [1.165, 1.54) is 41.4 Å². The van der Waals surface area contributed by atoms with Gasteiger partial charge in [0, 0.05) is 30.5 Å². The van der Waals surface area contributed by atoms with E-state index < -0.39 is 0 Å². The predicted molar refractivity (Wildman–Crippen MR) is 155 cm³/mol. The van der Waals surface area contributed by atoms with Gasteiger partial charge >= 0.3 is 0 Å². The minimum absolute atomic E-state index is 0.0209. The molecule has 2 rings (SSSR count). The molecule has 3 heteroatoms.